The number of nitrogens with one attached hydrogen (secondary N) is 2. The Bertz CT molecular complexity index is 932. The van der Waals surface area contributed by atoms with Crippen LogP contribution in [-0.2, 0) is 14.8 Å². The Hall–Kier alpha value is -2.30. The van der Waals surface area contributed by atoms with Crippen molar-refractivity contribution in [2.75, 3.05) is 11.9 Å². The summed E-state index contributed by atoms with van der Waals surface area (Å²) in [5.74, 6) is -1.18. The maximum atomic E-state index is 12.1. The summed E-state index contributed by atoms with van der Waals surface area (Å²) in [4.78, 5) is 11.6. The van der Waals surface area contributed by atoms with Crippen LogP contribution in [0.2, 0.25) is 5.02 Å². The fourth-order valence-electron chi connectivity index (χ4n) is 2.03. The average molecular weight is 423 g/mol. The van der Waals surface area contributed by atoms with Gasteiger partial charge < -0.3 is 10.1 Å². The van der Waals surface area contributed by atoms with Gasteiger partial charge in [-0.3, -0.25) is 4.79 Å². The van der Waals surface area contributed by atoms with Crippen LogP contribution in [0.1, 0.15) is 5.56 Å². The SMILES string of the molecule is Cc1cc(Cl)ccc1NC(=O)CNS(=O)(=O)c1ccc(OC(F)(F)F)cc1. The molecule has 0 aliphatic rings. The van der Waals surface area contributed by atoms with E-state index in [0.717, 1.165) is 24.3 Å². The molecule has 0 saturated heterocycles. The van der Waals surface area contributed by atoms with Crippen molar-refractivity contribution in [3.8, 4) is 5.75 Å². The molecule has 0 saturated carbocycles. The number of carbonyl (C=O) groups excluding carboxylic acids is 1. The average Bonchev–Trinajstić information content (AvgIpc) is 2.55. The number of ether oxygens (including phenoxy) is 1. The lowest BCUT2D eigenvalue weighted by Crippen LogP contribution is -2.33. The zero-order valence-electron chi connectivity index (χ0n) is 13.8. The molecule has 0 atom stereocenters. The summed E-state index contributed by atoms with van der Waals surface area (Å²) in [7, 11) is -4.09. The second-order valence-corrected chi connectivity index (χ2v) is 7.55. The van der Waals surface area contributed by atoms with E-state index < -0.39 is 34.6 Å². The molecule has 0 heterocycles. The molecule has 0 fully saturated rings. The maximum absolute atomic E-state index is 12.1. The number of hydrogen-bond acceptors (Lipinski definition) is 4. The molecule has 0 spiro atoms. The van der Waals surface area contributed by atoms with E-state index >= 15 is 0 Å². The van der Waals surface area contributed by atoms with Gasteiger partial charge in [-0.1, -0.05) is 11.6 Å². The van der Waals surface area contributed by atoms with Gasteiger partial charge in [0.2, 0.25) is 15.9 Å². The smallest absolute Gasteiger partial charge is 0.406 e. The monoisotopic (exact) mass is 422 g/mol. The quantitative estimate of drug-likeness (QED) is 0.746. The number of sulfonamides is 1. The Kier molecular flexibility index (Phi) is 6.34. The molecular weight excluding hydrogens is 409 g/mol. The van der Waals surface area contributed by atoms with Gasteiger partial charge in [-0.2, -0.15) is 0 Å². The molecule has 0 aliphatic carbocycles. The van der Waals surface area contributed by atoms with Crippen molar-refractivity contribution in [2.45, 2.75) is 18.2 Å². The third-order valence-electron chi connectivity index (χ3n) is 3.25. The zero-order chi connectivity index (χ0) is 20.2. The van der Waals surface area contributed by atoms with Gasteiger partial charge in [0.15, 0.2) is 0 Å². The first kappa shape index (κ1) is 21.0. The standard InChI is InChI=1S/C16H14ClF3N2O4S/c1-10-8-11(17)2-7-14(10)22-15(23)9-21-27(24,25)13-5-3-12(4-6-13)26-16(18,19)20/h2-8,21H,9H2,1H3,(H,22,23). The molecule has 2 aromatic carbocycles. The van der Waals surface area contributed by atoms with Crippen LogP contribution in [0.5, 0.6) is 5.75 Å². The number of benzene rings is 2. The van der Waals surface area contributed by atoms with Crippen LogP contribution in [0.3, 0.4) is 0 Å². The summed E-state index contributed by atoms with van der Waals surface area (Å²) in [6.45, 7) is 1.15. The van der Waals surface area contributed by atoms with Crippen LogP contribution in [0.15, 0.2) is 47.4 Å². The lowest BCUT2D eigenvalue weighted by atomic mass is 10.2. The predicted octanol–water partition coefficient (Wildman–Crippen LogP) is 3.46. The summed E-state index contributed by atoms with van der Waals surface area (Å²) in [6, 6.07) is 8.36. The highest BCUT2D eigenvalue weighted by Crippen LogP contribution is 2.24. The summed E-state index contributed by atoms with van der Waals surface area (Å²) in [5.41, 5.74) is 1.16. The molecule has 2 aromatic rings. The minimum Gasteiger partial charge on any atom is -0.406 e. The van der Waals surface area contributed by atoms with E-state index in [0.29, 0.717) is 16.3 Å². The van der Waals surface area contributed by atoms with Crippen molar-refractivity contribution in [1.29, 1.82) is 0 Å². The van der Waals surface area contributed by atoms with Crippen LogP contribution < -0.4 is 14.8 Å². The van der Waals surface area contributed by atoms with E-state index in [9.17, 15) is 26.4 Å². The van der Waals surface area contributed by atoms with Crippen molar-refractivity contribution in [1.82, 2.24) is 4.72 Å². The number of rotatable bonds is 6. The molecule has 146 valence electrons. The summed E-state index contributed by atoms with van der Waals surface area (Å²) < 4.78 is 66.3. The molecule has 0 aliphatic heterocycles. The number of hydrogen-bond donors (Lipinski definition) is 2. The van der Waals surface area contributed by atoms with E-state index in [1.54, 1.807) is 25.1 Å². The Morgan fingerprint density at radius 1 is 1.15 bits per heavy atom. The van der Waals surface area contributed by atoms with Crippen LogP contribution in [0, 0.1) is 6.92 Å². The van der Waals surface area contributed by atoms with Gasteiger partial charge in [-0.15, -0.1) is 13.2 Å². The normalized spacial score (nSPS) is 11.9. The highest BCUT2D eigenvalue weighted by molar-refractivity contribution is 7.89. The predicted molar refractivity (Wildman–Crippen MR) is 93.1 cm³/mol. The minimum atomic E-state index is -4.88. The van der Waals surface area contributed by atoms with E-state index in [2.05, 4.69) is 14.8 Å². The lowest BCUT2D eigenvalue weighted by molar-refractivity contribution is -0.274. The summed E-state index contributed by atoms with van der Waals surface area (Å²) in [6.07, 6.45) is -4.88. The largest absolute Gasteiger partial charge is 0.573 e. The van der Waals surface area contributed by atoms with Crippen molar-refractivity contribution in [2.24, 2.45) is 0 Å². The van der Waals surface area contributed by atoms with E-state index in [4.69, 9.17) is 11.6 Å². The molecule has 2 rings (SSSR count). The lowest BCUT2D eigenvalue weighted by Gasteiger charge is -2.11. The van der Waals surface area contributed by atoms with Gasteiger partial charge in [-0.05, 0) is 55.0 Å². The molecule has 27 heavy (non-hydrogen) atoms. The maximum Gasteiger partial charge on any atom is 0.573 e. The molecule has 1 amide bonds. The van der Waals surface area contributed by atoms with Gasteiger partial charge in [-0.25, -0.2) is 13.1 Å². The molecule has 0 aromatic heterocycles. The molecule has 2 N–H and O–H groups in total. The number of carbonyl (C=O) groups is 1. The minimum absolute atomic E-state index is 0.313. The Morgan fingerprint density at radius 2 is 1.78 bits per heavy atom. The van der Waals surface area contributed by atoms with E-state index in [-0.39, 0.29) is 4.90 Å². The second kappa shape index (κ2) is 8.15. The van der Waals surface area contributed by atoms with Gasteiger partial charge in [0.25, 0.3) is 0 Å². The number of amides is 1. The fraction of sp³-hybridized carbons (Fsp3) is 0.188. The Labute approximate surface area is 158 Å². The molecule has 0 bridgehead atoms. The first-order chi connectivity index (χ1) is 12.5. The Balaban J connectivity index is 1.98. The Morgan fingerprint density at radius 3 is 2.33 bits per heavy atom. The third-order valence-corrected chi connectivity index (χ3v) is 4.91. The highest BCUT2D eigenvalue weighted by atomic mass is 35.5. The van der Waals surface area contributed by atoms with Crippen molar-refractivity contribution >= 4 is 33.2 Å². The van der Waals surface area contributed by atoms with Gasteiger partial charge in [0.05, 0.1) is 11.4 Å². The van der Waals surface area contributed by atoms with Gasteiger partial charge >= 0.3 is 6.36 Å². The first-order valence-electron chi connectivity index (χ1n) is 7.38. The molecule has 0 unspecified atom stereocenters. The molecule has 0 radical (unpaired) electrons. The molecule has 6 nitrogen and oxygen atoms in total. The molecular formula is C16H14ClF3N2O4S. The first-order valence-corrected chi connectivity index (χ1v) is 9.24. The number of aryl methyl sites for hydroxylation is 1. The van der Waals surface area contributed by atoms with Gasteiger partial charge in [0.1, 0.15) is 5.75 Å². The van der Waals surface area contributed by atoms with E-state index in [1.165, 1.54) is 0 Å². The highest BCUT2D eigenvalue weighted by Gasteiger charge is 2.31. The van der Waals surface area contributed by atoms with Crippen LogP contribution in [0.25, 0.3) is 0 Å². The van der Waals surface area contributed by atoms with Crippen molar-refractivity contribution in [3.63, 3.8) is 0 Å². The fourth-order valence-corrected chi connectivity index (χ4v) is 3.23. The number of alkyl halides is 3. The topological polar surface area (TPSA) is 84.5 Å². The van der Waals surface area contributed by atoms with Crippen LogP contribution in [0.4, 0.5) is 18.9 Å². The second-order valence-electron chi connectivity index (χ2n) is 5.35. The number of anilines is 1. The summed E-state index contributed by atoms with van der Waals surface area (Å²) in [5, 5.41) is 3.02. The summed E-state index contributed by atoms with van der Waals surface area (Å²) >= 11 is 5.81. The van der Waals surface area contributed by atoms with Crippen LogP contribution in [-0.4, -0.2) is 27.2 Å². The zero-order valence-corrected chi connectivity index (χ0v) is 15.4. The van der Waals surface area contributed by atoms with Crippen molar-refractivity contribution < 1.29 is 31.1 Å². The molecule has 11 heteroatoms. The van der Waals surface area contributed by atoms with Crippen LogP contribution >= 0.6 is 11.6 Å². The van der Waals surface area contributed by atoms with Crippen molar-refractivity contribution in [3.05, 3.63) is 53.1 Å². The number of halogens is 4. The van der Waals surface area contributed by atoms with Gasteiger partial charge in [0, 0.05) is 10.7 Å². The third kappa shape index (κ3) is 6.42. The van der Waals surface area contributed by atoms with E-state index in [1.807, 2.05) is 0 Å².